The lowest BCUT2D eigenvalue weighted by Crippen LogP contribution is -2.31. The minimum Gasteiger partial charge on any atom is -0.205 e. The Bertz CT molecular complexity index is 516. The monoisotopic (exact) mass is 312 g/mol. The molecule has 0 aliphatic carbocycles. The van der Waals surface area contributed by atoms with E-state index in [1.165, 1.54) is 55.2 Å². The van der Waals surface area contributed by atoms with E-state index in [9.17, 15) is 0 Å². The van der Waals surface area contributed by atoms with Gasteiger partial charge in [0.25, 0.3) is 0 Å². The molecule has 1 rings (SSSR count). The first-order valence-corrected chi connectivity index (χ1v) is 8.96. The second-order valence-electron chi connectivity index (χ2n) is 6.72. The van der Waals surface area contributed by atoms with Gasteiger partial charge in [0.2, 0.25) is 0 Å². The summed E-state index contributed by atoms with van der Waals surface area (Å²) < 4.78 is 2.25. The lowest BCUT2D eigenvalue weighted by atomic mass is 10.1. The van der Waals surface area contributed by atoms with Crippen LogP contribution in [0.5, 0.6) is 0 Å². The summed E-state index contributed by atoms with van der Waals surface area (Å²) in [5, 5.41) is 0. The zero-order valence-electron chi connectivity index (χ0n) is 15.5. The molecule has 1 aromatic heterocycles. The Labute approximate surface area is 143 Å². The normalized spacial score (nSPS) is 12.3. The Morgan fingerprint density at radius 1 is 0.739 bits per heavy atom. The minimum absolute atomic E-state index is 1.11. The number of rotatable bonds is 10. The number of unbranched alkanes of at least 4 members (excludes halogenated alkanes) is 1. The maximum atomic E-state index is 2.41. The average Bonchev–Trinajstić information content (AvgIpc) is 2.52. The van der Waals surface area contributed by atoms with Crippen molar-refractivity contribution in [1.29, 1.82) is 0 Å². The largest absolute Gasteiger partial charge is 0.205 e. The van der Waals surface area contributed by atoms with Crippen molar-refractivity contribution in [2.24, 2.45) is 0 Å². The van der Waals surface area contributed by atoms with E-state index in [4.69, 9.17) is 0 Å². The van der Waals surface area contributed by atoms with E-state index in [0.29, 0.717) is 0 Å². The summed E-state index contributed by atoms with van der Waals surface area (Å²) in [5.74, 6) is 0. The summed E-state index contributed by atoms with van der Waals surface area (Å²) in [6, 6.07) is 6.25. The van der Waals surface area contributed by atoms with Gasteiger partial charge in [0.15, 0.2) is 12.4 Å². The molecule has 0 aliphatic heterocycles. The van der Waals surface area contributed by atoms with Crippen molar-refractivity contribution in [2.75, 3.05) is 0 Å². The number of aromatic nitrogens is 1. The van der Waals surface area contributed by atoms with Gasteiger partial charge in [-0.25, -0.2) is 4.57 Å². The summed E-state index contributed by atoms with van der Waals surface area (Å²) in [6.07, 6.45) is 18.6. The van der Waals surface area contributed by atoms with Crippen LogP contribution in [-0.4, -0.2) is 0 Å². The van der Waals surface area contributed by atoms with Crippen molar-refractivity contribution < 1.29 is 4.57 Å². The van der Waals surface area contributed by atoms with Gasteiger partial charge < -0.3 is 0 Å². The Kier molecular flexibility index (Phi) is 10.0. The topological polar surface area (TPSA) is 3.88 Å². The van der Waals surface area contributed by atoms with Gasteiger partial charge in [0.1, 0.15) is 6.54 Å². The van der Waals surface area contributed by atoms with Gasteiger partial charge in [-0.2, -0.15) is 0 Å². The van der Waals surface area contributed by atoms with Crippen molar-refractivity contribution >= 4 is 0 Å². The highest BCUT2D eigenvalue weighted by atomic mass is 14.9. The first kappa shape index (κ1) is 19.4. The van der Waals surface area contributed by atoms with Crippen LogP contribution in [0.2, 0.25) is 0 Å². The van der Waals surface area contributed by atoms with Crippen molar-refractivity contribution in [3.8, 4) is 0 Å². The van der Waals surface area contributed by atoms with E-state index in [0.717, 1.165) is 6.54 Å². The molecular weight excluding hydrogens is 278 g/mol. The van der Waals surface area contributed by atoms with Crippen LogP contribution < -0.4 is 4.57 Å². The summed E-state index contributed by atoms with van der Waals surface area (Å²) in [6.45, 7) is 9.97. The SMILES string of the molecule is CC(C)=CCCC(C)=CCCC(C)=CCCC[n+]1ccccc1. The van der Waals surface area contributed by atoms with Crippen LogP contribution in [0, 0.1) is 0 Å². The molecule has 0 spiro atoms. The van der Waals surface area contributed by atoms with Crippen molar-refractivity contribution in [3.05, 3.63) is 65.5 Å². The smallest absolute Gasteiger partial charge is 0.168 e. The fourth-order valence-corrected chi connectivity index (χ4v) is 2.54. The lowest BCUT2D eigenvalue weighted by molar-refractivity contribution is -0.697. The average molecular weight is 313 g/mol. The molecule has 1 heterocycles. The van der Waals surface area contributed by atoms with Gasteiger partial charge in [0, 0.05) is 18.6 Å². The summed E-state index contributed by atoms with van der Waals surface area (Å²) in [7, 11) is 0. The Morgan fingerprint density at radius 3 is 1.91 bits per heavy atom. The Hall–Kier alpha value is -1.63. The van der Waals surface area contributed by atoms with Gasteiger partial charge in [-0.15, -0.1) is 0 Å². The summed E-state index contributed by atoms with van der Waals surface area (Å²) >= 11 is 0. The Balaban J connectivity index is 2.17. The van der Waals surface area contributed by atoms with Gasteiger partial charge in [-0.05, 0) is 59.8 Å². The third-order valence-corrected chi connectivity index (χ3v) is 4.01. The molecule has 0 saturated heterocycles. The number of hydrogen-bond acceptors (Lipinski definition) is 0. The van der Waals surface area contributed by atoms with Crippen LogP contribution in [-0.2, 0) is 6.54 Å². The van der Waals surface area contributed by atoms with Crippen LogP contribution >= 0.6 is 0 Å². The highest BCUT2D eigenvalue weighted by Crippen LogP contribution is 2.12. The van der Waals surface area contributed by atoms with Crippen LogP contribution in [0.15, 0.2) is 65.5 Å². The fourth-order valence-electron chi connectivity index (χ4n) is 2.54. The zero-order valence-corrected chi connectivity index (χ0v) is 15.5. The maximum absolute atomic E-state index is 2.41. The van der Waals surface area contributed by atoms with E-state index in [1.54, 1.807) is 0 Å². The predicted octanol–water partition coefficient (Wildman–Crippen LogP) is 6.17. The summed E-state index contributed by atoms with van der Waals surface area (Å²) in [5.41, 5.74) is 4.47. The highest BCUT2D eigenvalue weighted by Gasteiger charge is 1.97. The molecule has 0 bridgehead atoms. The van der Waals surface area contributed by atoms with Crippen LogP contribution in [0.25, 0.3) is 0 Å². The second kappa shape index (κ2) is 11.9. The quantitative estimate of drug-likeness (QED) is 0.276. The molecule has 0 N–H and O–H groups in total. The number of allylic oxidation sites excluding steroid dienone is 6. The molecule has 0 fully saturated rings. The van der Waals surface area contributed by atoms with Crippen molar-refractivity contribution in [3.63, 3.8) is 0 Å². The van der Waals surface area contributed by atoms with Gasteiger partial charge in [-0.3, -0.25) is 0 Å². The molecule has 1 heteroatoms. The van der Waals surface area contributed by atoms with E-state index in [2.05, 4.69) is 81.1 Å². The third-order valence-electron chi connectivity index (χ3n) is 4.01. The molecule has 0 saturated carbocycles. The molecule has 0 radical (unpaired) electrons. The maximum Gasteiger partial charge on any atom is 0.168 e. The molecule has 1 aromatic rings. The van der Waals surface area contributed by atoms with Gasteiger partial charge >= 0.3 is 0 Å². The van der Waals surface area contributed by atoms with E-state index < -0.39 is 0 Å². The summed E-state index contributed by atoms with van der Waals surface area (Å²) in [4.78, 5) is 0. The van der Waals surface area contributed by atoms with Crippen molar-refractivity contribution in [2.45, 2.75) is 72.8 Å². The molecule has 23 heavy (non-hydrogen) atoms. The number of aryl methyl sites for hydroxylation is 1. The number of pyridine rings is 1. The fraction of sp³-hybridized carbons (Fsp3) is 0.500. The highest BCUT2D eigenvalue weighted by molar-refractivity contribution is 5.05. The van der Waals surface area contributed by atoms with Crippen LogP contribution in [0.1, 0.15) is 66.2 Å². The zero-order chi connectivity index (χ0) is 16.9. The third kappa shape index (κ3) is 10.7. The molecular formula is C22H34N+. The molecule has 1 nitrogen and oxygen atoms in total. The molecule has 126 valence electrons. The van der Waals surface area contributed by atoms with Gasteiger partial charge in [-0.1, -0.05) is 41.0 Å². The first-order chi connectivity index (χ1) is 11.1. The van der Waals surface area contributed by atoms with E-state index >= 15 is 0 Å². The molecule has 0 unspecified atom stereocenters. The van der Waals surface area contributed by atoms with Gasteiger partial charge in [0.05, 0.1) is 0 Å². The number of nitrogens with zero attached hydrogens (tertiary/aromatic N) is 1. The molecule has 0 amide bonds. The minimum atomic E-state index is 1.11. The van der Waals surface area contributed by atoms with E-state index in [-0.39, 0.29) is 0 Å². The Morgan fingerprint density at radius 2 is 1.30 bits per heavy atom. The van der Waals surface area contributed by atoms with Crippen molar-refractivity contribution in [1.82, 2.24) is 0 Å². The van der Waals surface area contributed by atoms with Crippen LogP contribution in [0.3, 0.4) is 0 Å². The first-order valence-electron chi connectivity index (χ1n) is 8.96. The molecule has 0 aromatic carbocycles. The molecule has 0 atom stereocenters. The molecule has 0 aliphatic rings. The van der Waals surface area contributed by atoms with Crippen LogP contribution in [0.4, 0.5) is 0 Å². The van der Waals surface area contributed by atoms with E-state index in [1.807, 2.05) is 0 Å². The second-order valence-corrected chi connectivity index (χ2v) is 6.72. The predicted molar refractivity (Wildman–Crippen MR) is 101 cm³/mol. The standard InChI is InChI=1S/C22H34N/c1-20(2)12-10-14-22(4)16-11-15-21(3)13-6-9-19-23-17-7-5-8-18-23/h5,7-8,12-13,16-18H,6,9-11,14-15,19H2,1-4H3/q+1. The lowest BCUT2D eigenvalue weighted by Gasteiger charge is -2.01. The number of hydrogen-bond donors (Lipinski definition) is 0.